The summed E-state index contributed by atoms with van der Waals surface area (Å²) in [6.45, 7) is 7.90. The van der Waals surface area contributed by atoms with Gasteiger partial charge in [-0.15, -0.1) is 5.10 Å². The number of hydrogen-bond donors (Lipinski definition) is 0. The molecule has 0 unspecified atom stereocenters. The third kappa shape index (κ3) is 4.40. The highest BCUT2D eigenvalue weighted by Gasteiger charge is 2.26. The Labute approximate surface area is 191 Å². The van der Waals surface area contributed by atoms with Gasteiger partial charge in [-0.25, -0.2) is 0 Å². The molecule has 2 saturated heterocycles. The second-order valence-corrected chi connectivity index (χ2v) is 9.72. The lowest BCUT2D eigenvalue weighted by Crippen LogP contribution is -2.48. The van der Waals surface area contributed by atoms with E-state index < -0.39 is 5.56 Å². The van der Waals surface area contributed by atoms with Crippen LogP contribution in [0.5, 0.6) is 0 Å². The zero-order chi connectivity index (χ0) is 22.1. The molecule has 0 saturated carbocycles. The number of piperidine rings is 1. The van der Waals surface area contributed by atoms with E-state index in [1.54, 1.807) is 4.52 Å². The largest absolute Gasteiger partial charge is 0.347 e. The maximum Gasteiger partial charge on any atom is 0.274 e. The van der Waals surface area contributed by atoms with Gasteiger partial charge in [0.2, 0.25) is 10.1 Å². The van der Waals surface area contributed by atoms with Crippen molar-refractivity contribution in [2.45, 2.75) is 26.3 Å². The van der Waals surface area contributed by atoms with E-state index >= 15 is 0 Å². The molecule has 8 nitrogen and oxygen atoms in total. The maximum absolute atomic E-state index is 13.3. The van der Waals surface area contributed by atoms with Crippen molar-refractivity contribution in [1.29, 1.82) is 0 Å². The van der Waals surface area contributed by atoms with Crippen molar-refractivity contribution < 1.29 is 4.79 Å². The van der Waals surface area contributed by atoms with Gasteiger partial charge >= 0.3 is 0 Å². The molecule has 1 amide bonds. The number of benzene rings is 1. The Morgan fingerprint density at radius 1 is 1.06 bits per heavy atom. The van der Waals surface area contributed by atoms with Crippen LogP contribution in [0.2, 0.25) is 0 Å². The lowest BCUT2D eigenvalue weighted by atomic mass is 10.00. The van der Waals surface area contributed by atoms with Crippen molar-refractivity contribution in [3.05, 3.63) is 58.0 Å². The number of rotatable bonds is 4. The molecule has 0 aliphatic carbocycles. The van der Waals surface area contributed by atoms with Gasteiger partial charge in [0.1, 0.15) is 5.69 Å². The van der Waals surface area contributed by atoms with Crippen LogP contribution in [0, 0.1) is 5.92 Å². The summed E-state index contributed by atoms with van der Waals surface area (Å²) in [5.74, 6) is 0.570. The van der Waals surface area contributed by atoms with Crippen LogP contribution in [0.1, 0.15) is 35.8 Å². The van der Waals surface area contributed by atoms with Gasteiger partial charge in [-0.05, 0) is 24.3 Å². The number of nitrogens with zero attached hydrogens (tertiary/aromatic N) is 6. The summed E-state index contributed by atoms with van der Waals surface area (Å²) in [4.78, 5) is 36.6. The molecule has 2 aliphatic heterocycles. The third-order valence-electron chi connectivity index (χ3n) is 6.43. The van der Waals surface area contributed by atoms with Crippen LogP contribution in [0.4, 0.5) is 5.13 Å². The highest BCUT2D eigenvalue weighted by molar-refractivity contribution is 7.20. The number of aromatic nitrogens is 3. The molecule has 4 heterocycles. The number of carbonyl (C=O) groups excluding carboxylic acids is 1. The fraction of sp³-hybridized carbons (Fsp3) is 0.478. The molecule has 9 heteroatoms. The zero-order valence-corrected chi connectivity index (χ0v) is 19.1. The van der Waals surface area contributed by atoms with Crippen LogP contribution in [-0.4, -0.2) is 69.6 Å². The van der Waals surface area contributed by atoms with E-state index in [-0.39, 0.29) is 5.91 Å². The van der Waals surface area contributed by atoms with E-state index in [0.29, 0.717) is 23.7 Å². The molecule has 2 aromatic heterocycles. The van der Waals surface area contributed by atoms with Gasteiger partial charge in [0.05, 0.1) is 0 Å². The number of piperazine rings is 1. The van der Waals surface area contributed by atoms with Crippen molar-refractivity contribution in [2.24, 2.45) is 5.92 Å². The molecule has 1 aromatic carbocycles. The summed E-state index contributed by atoms with van der Waals surface area (Å²) < 4.78 is 1.57. The Hall–Kier alpha value is -2.78. The number of fused-ring (bicyclic) bond motifs is 1. The molecule has 0 radical (unpaired) electrons. The minimum absolute atomic E-state index is 0.150. The van der Waals surface area contributed by atoms with Gasteiger partial charge in [0.25, 0.3) is 11.5 Å². The van der Waals surface area contributed by atoms with Gasteiger partial charge in [0, 0.05) is 51.9 Å². The molecule has 2 fully saturated rings. The Morgan fingerprint density at radius 2 is 1.78 bits per heavy atom. The monoisotopic (exact) mass is 452 g/mol. The summed E-state index contributed by atoms with van der Waals surface area (Å²) in [7, 11) is 0. The molecule has 32 heavy (non-hydrogen) atoms. The molecular formula is C23H28N6O2S. The normalized spacial score (nSPS) is 18.4. The van der Waals surface area contributed by atoms with Gasteiger partial charge < -0.3 is 9.80 Å². The summed E-state index contributed by atoms with van der Waals surface area (Å²) in [6, 6.07) is 11.7. The second kappa shape index (κ2) is 8.99. The summed E-state index contributed by atoms with van der Waals surface area (Å²) in [5.41, 5.74) is 1.19. The third-order valence-corrected chi connectivity index (χ3v) is 7.39. The molecular weight excluding hydrogens is 424 g/mol. The molecule has 2 aliphatic rings. The Bertz CT molecular complexity index is 1140. The molecule has 0 atom stereocenters. The van der Waals surface area contributed by atoms with Crippen molar-refractivity contribution in [3.63, 3.8) is 0 Å². The summed E-state index contributed by atoms with van der Waals surface area (Å²) in [6.07, 6.45) is 2.25. The molecule has 0 N–H and O–H groups in total. The predicted molar refractivity (Wildman–Crippen MR) is 125 cm³/mol. The topological polar surface area (TPSA) is 74.1 Å². The van der Waals surface area contributed by atoms with E-state index in [9.17, 15) is 9.59 Å². The van der Waals surface area contributed by atoms with E-state index in [1.165, 1.54) is 23.0 Å². The molecule has 168 valence electrons. The molecule has 0 bridgehead atoms. The first-order valence-electron chi connectivity index (χ1n) is 11.3. The van der Waals surface area contributed by atoms with E-state index in [1.807, 2.05) is 23.1 Å². The quantitative estimate of drug-likeness (QED) is 0.605. The van der Waals surface area contributed by atoms with Crippen LogP contribution < -0.4 is 10.5 Å². The SMILES string of the molecule is CC1CCN(c2nn3c(C(=O)N4CCN(Cc5ccccc5)CC4)cc(=O)nc3s2)CC1. The Kier molecular flexibility index (Phi) is 5.93. The Morgan fingerprint density at radius 3 is 2.50 bits per heavy atom. The number of amides is 1. The van der Waals surface area contributed by atoms with Crippen LogP contribution >= 0.6 is 11.3 Å². The fourth-order valence-electron chi connectivity index (χ4n) is 4.40. The fourth-order valence-corrected chi connectivity index (χ4v) is 5.36. The predicted octanol–water partition coefficient (Wildman–Crippen LogP) is 2.35. The van der Waals surface area contributed by atoms with Gasteiger partial charge in [-0.2, -0.15) is 9.50 Å². The van der Waals surface area contributed by atoms with E-state index in [0.717, 1.165) is 56.6 Å². The highest BCUT2D eigenvalue weighted by Crippen LogP contribution is 2.27. The van der Waals surface area contributed by atoms with Crippen LogP contribution in [-0.2, 0) is 6.54 Å². The van der Waals surface area contributed by atoms with Crippen molar-refractivity contribution in [2.75, 3.05) is 44.2 Å². The van der Waals surface area contributed by atoms with Crippen LogP contribution in [0.25, 0.3) is 4.96 Å². The average molecular weight is 453 g/mol. The van der Waals surface area contributed by atoms with Gasteiger partial charge in [0.15, 0.2) is 0 Å². The van der Waals surface area contributed by atoms with Gasteiger partial charge in [-0.1, -0.05) is 48.6 Å². The van der Waals surface area contributed by atoms with E-state index in [4.69, 9.17) is 5.10 Å². The summed E-state index contributed by atoms with van der Waals surface area (Å²) in [5, 5.41) is 5.52. The lowest BCUT2D eigenvalue weighted by molar-refractivity contribution is 0.0619. The molecule has 0 spiro atoms. The zero-order valence-electron chi connectivity index (χ0n) is 18.3. The van der Waals surface area contributed by atoms with Crippen molar-refractivity contribution >= 4 is 27.3 Å². The second-order valence-electron chi connectivity index (χ2n) is 8.78. The molecule has 5 rings (SSSR count). The lowest BCUT2D eigenvalue weighted by Gasteiger charge is -2.34. The van der Waals surface area contributed by atoms with E-state index in [2.05, 4.69) is 33.8 Å². The Balaban J connectivity index is 1.32. The first-order chi connectivity index (χ1) is 15.6. The summed E-state index contributed by atoms with van der Waals surface area (Å²) >= 11 is 1.39. The highest BCUT2D eigenvalue weighted by atomic mass is 32.1. The number of hydrogen-bond acceptors (Lipinski definition) is 7. The van der Waals surface area contributed by atoms with Gasteiger partial charge in [-0.3, -0.25) is 14.5 Å². The maximum atomic E-state index is 13.3. The minimum atomic E-state index is -0.390. The van der Waals surface area contributed by atoms with Crippen LogP contribution in [0.15, 0.2) is 41.2 Å². The first kappa shape index (κ1) is 21.1. The molecule has 3 aromatic rings. The minimum Gasteiger partial charge on any atom is -0.347 e. The van der Waals surface area contributed by atoms with Crippen molar-refractivity contribution in [3.8, 4) is 0 Å². The standard InChI is InChI=1S/C23H28N6O2S/c1-17-7-9-28(10-8-17)23-25-29-19(15-20(30)24-22(29)32-23)21(31)27-13-11-26(12-14-27)16-18-5-3-2-4-6-18/h2-6,15,17H,7-14,16H2,1H3. The smallest absolute Gasteiger partial charge is 0.274 e. The first-order valence-corrected chi connectivity index (χ1v) is 12.1. The number of carbonyl (C=O) groups is 1. The van der Waals surface area contributed by atoms with Crippen LogP contribution in [0.3, 0.4) is 0 Å². The average Bonchev–Trinajstić information content (AvgIpc) is 3.23. The van der Waals surface area contributed by atoms with Crippen molar-refractivity contribution in [1.82, 2.24) is 24.4 Å². The number of anilines is 1.